The van der Waals surface area contributed by atoms with Gasteiger partial charge in [-0.2, -0.15) is 0 Å². The lowest BCUT2D eigenvalue weighted by Crippen LogP contribution is -2.26. The lowest BCUT2D eigenvalue weighted by Gasteiger charge is -2.14. The Morgan fingerprint density at radius 1 is 1.41 bits per heavy atom. The summed E-state index contributed by atoms with van der Waals surface area (Å²) in [6.45, 7) is 1.91. The van der Waals surface area contributed by atoms with Crippen molar-refractivity contribution in [1.82, 2.24) is 4.98 Å². The second kappa shape index (κ2) is 4.98. The van der Waals surface area contributed by atoms with Crippen LogP contribution in [-0.2, 0) is 0 Å². The first kappa shape index (κ1) is 12.3. The average molecular weight is 311 g/mol. The molecule has 0 bridgehead atoms. The molecule has 1 amide bonds. The molecule has 0 N–H and O–H groups in total. The summed E-state index contributed by atoms with van der Waals surface area (Å²) in [5.74, 6) is -0.0631. The lowest BCUT2D eigenvalue weighted by atomic mass is 10.2. The molecule has 2 aromatic rings. The molecule has 1 heterocycles. The Labute approximate surface area is 112 Å². The molecule has 1 aromatic carbocycles. The molecule has 5 heteroatoms. The van der Waals surface area contributed by atoms with Gasteiger partial charge in [-0.05, 0) is 35.0 Å². The number of benzene rings is 1. The molecule has 0 spiro atoms. The van der Waals surface area contributed by atoms with E-state index in [9.17, 15) is 4.79 Å². The number of aromatic nitrogens is 1. The molecule has 0 aliphatic rings. The summed E-state index contributed by atoms with van der Waals surface area (Å²) in [5.41, 5.74) is 1.57. The van der Waals surface area contributed by atoms with E-state index in [2.05, 4.69) is 20.9 Å². The third kappa shape index (κ3) is 2.56. The lowest BCUT2D eigenvalue weighted by molar-refractivity contribution is 0.0992. The number of anilines is 1. The van der Waals surface area contributed by atoms with Crippen LogP contribution in [-0.4, -0.2) is 17.9 Å². The molecule has 0 saturated heterocycles. The monoisotopic (exact) mass is 310 g/mol. The van der Waals surface area contributed by atoms with Gasteiger partial charge in [-0.1, -0.05) is 12.1 Å². The molecule has 0 unspecified atom stereocenters. The maximum absolute atomic E-state index is 12.2. The molecule has 0 radical (unpaired) electrons. The van der Waals surface area contributed by atoms with Gasteiger partial charge in [0, 0.05) is 16.9 Å². The van der Waals surface area contributed by atoms with Crippen molar-refractivity contribution in [2.45, 2.75) is 6.92 Å². The van der Waals surface area contributed by atoms with Crippen LogP contribution in [0.3, 0.4) is 0 Å². The molecular weight excluding hydrogens is 300 g/mol. The summed E-state index contributed by atoms with van der Waals surface area (Å²) >= 11 is 4.84. The van der Waals surface area contributed by atoms with E-state index < -0.39 is 0 Å². The van der Waals surface area contributed by atoms with E-state index >= 15 is 0 Å². The summed E-state index contributed by atoms with van der Waals surface area (Å²) in [7, 11) is 1.74. The van der Waals surface area contributed by atoms with Crippen molar-refractivity contribution < 1.29 is 4.79 Å². The number of carbonyl (C=O) groups excluding carboxylic acids is 1. The van der Waals surface area contributed by atoms with Gasteiger partial charge in [0.1, 0.15) is 0 Å². The Kier molecular flexibility index (Phi) is 3.59. The zero-order valence-electron chi connectivity index (χ0n) is 9.48. The topological polar surface area (TPSA) is 33.2 Å². The van der Waals surface area contributed by atoms with Crippen LogP contribution in [0.25, 0.3) is 0 Å². The quantitative estimate of drug-likeness (QED) is 0.850. The third-order valence-electron chi connectivity index (χ3n) is 2.30. The van der Waals surface area contributed by atoms with Crippen LogP contribution in [0.15, 0.2) is 34.1 Å². The first-order valence-electron chi connectivity index (χ1n) is 5.04. The number of rotatable bonds is 2. The van der Waals surface area contributed by atoms with E-state index in [0.717, 1.165) is 10.2 Å². The highest BCUT2D eigenvalue weighted by atomic mass is 79.9. The van der Waals surface area contributed by atoms with Gasteiger partial charge in [0.25, 0.3) is 5.91 Å². The van der Waals surface area contributed by atoms with E-state index in [-0.39, 0.29) is 5.91 Å². The van der Waals surface area contributed by atoms with Crippen molar-refractivity contribution in [3.63, 3.8) is 0 Å². The second-order valence-electron chi connectivity index (χ2n) is 3.62. The number of nitrogens with zero attached hydrogens (tertiary/aromatic N) is 2. The van der Waals surface area contributed by atoms with Gasteiger partial charge in [-0.25, -0.2) is 4.98 Å². The van der Waals surface area contributed by atoms with E-state index in [4.69, 9.17) is 0 Å². The fraction of sp³-hybridized carbons (Fsp3) is 0.167. The zero-order chi connectivity index (χ0) is 12.4. The Bertz CT molecular complexity index is 553. The summed E-state index contributed by atoms with van der Waals surface area (Å²) in [6.07, 6.45) is 0. The Balaban J connectivity index is 2.30. The van der Waals surface area contributed by atoms with E-state index in [1.807, 2.05) is 30.5 Å². The summed E-state index contributed by atoms with van der Waals surface area (Å²) < 4.78 is 0.796. The van der Waals surface area contributed by atoms with Gasteiger partial charge < -0.3 is 0 Å². The molecule has 0 atom stereocenters. The Morgan fingerprint density at radius 2 is 2.12 bits per heavy atom. The molecule has 0 aliphatic carbocycles. The van der Waals surface area contributed by atoms with Gasteiger partial charge in [-0.15, -0.1) is 11.3 Å². The molecule has 0 saturated carbocycles. The number of amides is 1. The predicted molar refractivity (Wildman–Crippen MR) is 73.7 cm³/mol. The maximum atomic E-state index is 12.2. The van der Waals surface area contributed by atoms with Crippen molar-refractivity contribution >= 4 is 38.3 Å². The third-order valence-corrected chi connectivity index (χ3v) is 4.03. The standard InChI is InChI=1S/C12H11BrN2OS/c1-8-7-17-12(14-8)15(2)11(16)9-5-3-4-6-10(9)13/h3-7H,1-2H3. The molecule has 17 heavy (non-hydrogen) atoms. The molecule has 0 fully saturated rings. The first-order chi connectivity index (χ1) is 8.09. The molecule has 0 aliphatic heterocycles. The highest BCUT2D eigenvalue weighted by molar-refractivity contribution is 9.10. The average Bonchev–Trinajstić information content (AvgIpc) is 2.75. The van der Waals surface area contributed by atoms with E-state index in [1.165, 1.54) is 11.3 Å². The number of thiazole rings is 1. The van der Waals surface area contributed by atoms with Gasteiger partial charge in [0.15, 0.2) is 5.13 Å². The fourth-order valence-electron chi connectivity index (χ4n) is 1.40. The van der Waals surface area contributed by atoms with Crippen molar-refractivity contribution in [2.75, 3.05) is 11.9 Å². The molecular formula is C12H11BrN2OS. The van der Waals surface area contributed by atoms with Crippen LogP contribution in [0.5, 0.6) is 0 Å². The molecule has 88 valence electrons. The normalized spacial score (nSPS) is 10.3. The van der Waals surface area contributed by atoms with Gasteiger partial charge >= 0.3 is 0 Å². The summed E-state index contributed by atoms with van der Waals surface area (Å²) in [5, 5.41) is 2.64. The summed E-state index contributed by atoms with van der Waals surface area (Å²) in [4.78, 5) is 18.1. The van der Waals surface area contributed by atoms with Crippen LogP contribution >= 0.6 is 27.3 Å². The summed E-state index contributed by atoms with van der Waals surface area (Å²) in [6, 6.07) is 7.38. The molecule has 2 rings (SSSR count). The highest BCUT2D eigenvalue weighted by Gasteiger charge is 2.17. The molecule has 1 aromatic heterocycles. The van der Waals surface area contributed by atoms with Crippen LogP contribution < -0.4 is 4.90 Å². The van der Waals surface area contributed by atoms with Gasteiger partial charge in [0.2, 0.25) is 0 Å². The van der Waals surface area contributed by atoms with Gasteiger partial charge in [0.05, 0.1) is 11.3 Å². The van der Waals surface area contributed by atoms with Crippen LogP contribution in [0, 0.1) is 6.92 Å². The van der Waals surface area contributed by atoms with E-state index in [1.54, 1.807) is 18.0 Å². The number of halogens is 1. The minimum Gasteiger partial charge on any atom is -0.287 e. The first-order valence-corrected chi connectivity index (χ1v) is 6.71. The van der Waals surface area contributed by atoms with Crippen molar-refractivity contribution in [1.29, 1.82) is 0 Å². The van der Waals surface area contributed by atoms with Crippen LogP contribution in [0.4, 0.5) is 5.13 Å². The number of carbonyl (C=O) groups is 1. The number of hydrogen-bond acceptors (Lipinski definition) is 3. The predicted octanol–water partition coefficient (Wildman–Crippen LogP) is 3.49. The van der Waals surface area contributed by atoms with E-state index in [0.29, 0.717) is 10.7 Å². The maximum Gasteiger partial charge on any atom is 0.260 e. The van der Waals surface area contributed by atoms with Crippen molar-refractivity contribution in [3.05, 3.63) is 45.4 Å². The highest BCUT2D eigenvalue weighted by Crippen LogP contribution is 2.23. The fourth-order valence-corrected chi connectivity index (χ4v) is 2.62. The van der Waals surface area contributed by atoms with Crippen LogP contribution in [0.1, 0.15) is 16.1 Å². The SMILES string of the molecule is Cc1csc(N(C)C(=O)c2ccccc2Br)n1. The van der Waals surface area contributed by atoms with Crippen molar-refractivity contribution in [3.8, 4) is 0 Å². The Morgan fingerprint density at radius 3 is 2.71 bits per heavy atom. The Hall–Kier alpha value is -1.20. The van der Waals surface area contributed by atoms with Gasteiger partial charge in [-0.3, -0.25) is 9.69 Å². The largest absolute Gasteiger partial charge is 0.287 e. The smallest absolute Gasteiger partial charge is 0.260 e. The minimum atomic E-state index is -0.0631. The van der Waals surface area contributed by atoms with Crippen molar-refractivity contribution in [2.24, 2.45) is 0 Å². The minimum absolute atomic E-state index is 0.0631. The molecule has 3 nitrogen and oxygen atoms in total. The zero-order valence-corrected chi connectivity index (χ0v) is 11.9. The van der Waals surface area contributed by atoms with Crippen LogP contribution in [0.2, 0.25) is 0 Å². The number of hydrogen-bond donors (Lipinski definition) is 0. The second-order valence-corrected chi connectivity index (χ2v) is 5.31. The number of aryl methyl sites for hydroxylation is 1.